The first kappa shape index (κ1) is 18.4. The van der Waals surface area contributed by atoms with Crippen LogP contribution in [0.1, 0.15) is 27.5 Å². The van der Waals surface area contributed by atoms with Crippen LogP contribution >= 0.6 is 27.3 Å². The molecule has 0 aliphatic carbocycles. The molecule has 1 aromatic carbocycles. The van der Waals surface area contributed by atoms with Crippen molar-refractivity contribution in [2.45, 2.75) is 19.9 Å². The standard InChI is InChI=1S/C18H22BrN3O2S/c1-13-20-15(12-25-13)11-21-6-3-7-22(9-8-21)18(23)14-4-5-17(24-2)16(19)10-14/h4-5,10,12H,3,6-9,11H2,1-2H3. The molecular weight excluding hydrogens is 402 g/mol. The van der Waals surface area contributed by atoms with Gasteiger partial charge < -0.3 is 9.64 Å². The molecule has 1 aliphatic rings. The van der Waals surface area contributed by atoms with Gasteiger partial charge in [0.2, 0.25) is 0 Å². The maximum absolute atomic E-state index is 12.8. The molecule has 3 rings (SSSR count). The maximum atomic E-state index is 12.8. The number of hydrogen-bond acceptors (Lipinski definition) is 5. The highest BCUT2D eigenvalue weighted by molar-refractivity contribution is 9.10. The lowest BCUT2D eigenvalue weighted by atomic mass is 10.2. The van der Waals surface area contributed by atoms with E-state index >= 15 is 0 Å². The Morgan fingerprint density at radius 3 is 2.84 bits per heavy atom. The molecule has 2 heterocycles. The zero-order valence-corrected chi connectivity index (χ0v) is 16.9. The smallest absolute Gasteiger partial charge is 0.253 e. The highest BCUT2D eigenvalue weighted by Crippen LogP contribution is 2.26. The summed E-state index contributed by atoms with van der Waals surface area (Å²) in [6, 6.07) is 5.49. The minimum Gasteiger partial charge on any atom is -0.496 e. The van der Waals surface area contributed by atoms with Crippen molar-refractivity contribution in [1.82, 2.24) is 14.8 Å². The minimum absolute atomic E-state index is 0.0784. The van der Waals surface area contributed by atoms with Crippen LogP contribution in [0.3, 0.4) is 0 Å². The molecule has 0 spiro atoms. The third-order valence-corrected chi connectivity index (χ3v) is 5.77. The number of carbonyl (C=O) groups excluding carboxylic acids is 1. The molecule has 0 bridgehead atoms. The van der Waals surface area contributed by atoms with E-state index in [0.717, 1.165) is 60.1 Å². The quantitative estimate of drug-likeness (QED) is 0.753. The number of carbonyl (C=O) groups is 1. The van der Waals surface area contributed by atoms with Crippen LogP contribution in [-0.4, -0.2) is 54.0 Å². The molecule has 1 aromatic heterocycles. The van der Waals surface area contributed by atoms with Crippen molar-refractivity contribution in [2.24, 2.45) is 0 Å². The van der Waals surface area contributed by atoms with Gasteiger partial charge in [-0.2, -0.15) is 0 Å². The summed E-state index contributed by atoms with van der Waals surface area (Å²) in [7, 11) is 1.62. The maximum Gasteiger partial charge on any atom is 0.253 e. The van der Waals surface area contributed by atoms with Gasteiger partial charge in [0.1, 0.15) is 5.75 Å². The van der Waals surface area contributed by atoms with E-state index in [0.29, 0.717) is 5.56 Å². The Labute approximate surface area is 160 Å². The van der Waals surface area contributed by atoms with E-state index < -0.39 is 0 Å². The molecule has 0 N–H and O–H groups in total. The fraction of sp³-hybridized carbons (Fsp3) is 0.444. The van der Waals surface area contributed by atoms with Crippen LogP contribution in [0.4, 0.5) is 0 Å². The van der Waals surface area contributed by atoms with Gasteiger partial charge in [-0.1, -0.05) is 0 Å². The van der Waals surface area contributed by atoms with Crippen molar-refractivity contribution in [3.05, 3.63) is 44.3 Å². The van der Waals surface area contributed by atoms with Crippen molar-refractivity contribution in [2.75, 3.05) is 33.3 Å². The van der Waals surface area contributed by atoms with Gasteiger partial charge in [0.05, 0.1) is 22.3 Å². The number of aromatic nitrogens is 1. The number of hydrogen-bond donors (Lipinski definition) is 0. The van der Waals surface area contributed by atoms with Gasteiger partial charge in [-0.25, -0.2) is 4.98 Å². The number of rotatable bonds is 4. The van der Waals surface area contributed by atoms with Gasteiger partial charge >= 0.3 is 0 Å². The third-order valence-electron chi connectivity index (χ3n) is 4.33. The highest BCUT2D eigenvalue weighted by atomic mass is 79.9. The van der Waals surface area contributed by atoms with E-state index in [9.17, 15) is 4.79 Å². The van der Waals surface area contributed by atoms with E-state index in [-0.39, 0.29) is 5.91 Å². The lowest BCUT2D eigenvalue weighted by molar-refractivity contribution is 0.0761. The summed E-state index contributed by atoms with van der Waals surface area (Å²) < 4.78 is 6.04. The first-order valence-electron chi connectivity index (χ1n) is 8.33. The molecule has 134 valence electrons. The number of nitrogens with zero attached hydrogens (tertiary/aromatic N) is 3. The number of ether oxygens (including phenoxy) is 1. The first-order valence-corrected chi connectivity index (χ1v) is 10.0. The molecule has 1 saturated heterocycles. The van der Waals surface area contributed by atoms with Gasteiger partial charge in [-0.3, -0.25) is 9.69 Å². The number of methoxy groups -OCH3 is 1. The monoisotopic (exact) mass is 423 g/mol. The Kier molecular flexibility index (Phi) is 6.09. The van der Waals surface area contributed by atoms with E-state index in [1.54, 1.807) is 18.4 Å². The Hall–Kier alpha value is -1.44. The number of thiazole rings is 1. The Bertz CT molecular complexity index is 750. The normalized spacial score (nSPS) is 15.9. The van der Waals surface area contributed by atoms with E-state index in [2.05, 4.69) is 31.2 Å². The Morgan fingerprint density at radius 1 is 1.32 bits per heavy atom. The summed E-state index contributed by atoms with van der Waals surface area (Å²) in [4.78, 5) is 21.7. The third kappa shape index (κ3) is 4.59. The van der Waals surface area contributed by atoms with Crippen LogP contribution in [0.25, 0.3) is 0 Å². The summed E-state index contributed by atoms with van der Waals surface area (Å²) in [5.74, 6) is 0.812. The molecular formula is C18H22BrN3O2S. The van der Waals surface area contributed by atoms with Crippen LogP contribution in [-0.2, 0) is 6.54 Å². The zero-order valence-electron chi connectivity index (χ0n) is 14.5. The molecule has 1 fully saturated rings. The van der Waals surface area contributed by atoms with Crippen LogP contribution in [0.5, 0.6) is 5.75 Å². The van der Waals surface area contributed by atoms with E-state index in [4.69, 9.17) is 4.74 Å². The lowest BCUT2D eigenvalue weighted by Gasteiger charge is -2.22. The molecule has 1 amide bonds. The molecule has 0 radical (unpaired) electrons. The van der Waals surface area contributed by atoms with Crippen LogP contribution in [0, 0.1) is 6.92 Å². The highest BCUT2D eigenvalue weighted by Gasteiger charge is 2.21. The van der Waals surface area contributed by atoms with Gasteiger partial charge in [-0.15, -0.1) is 11.3 Å². The average molecular weight is 424 g/mol. The number of amides is 1. The predicted octanol–water partition coefficient (Wildman–Crippen LogP) is 3.57. The Morgan fingerprint density at radius 2 is 2.16 bits per heavy atom. The summed E-state index contributed by atoms with van der Waals surface area (Å²) in [5.41, 5.74) is 1.82. The van der Waals surface area contributed by atoms with Gasteiger partial charge in [0.25, 0.3) is 5.91 Å². The van der Waals surface area contributed by atoms with Gasteiger partial charge in [-0.05, 0) is 47.5 Å². The fourth-order valence-electron chi connectivity index (χ4n) is 3.02. The van der Waals surface area contributed by atoms with E-state index in [1.165, 1.54) is 0 Å². The SMILES string of the molecule is COc1ccc(C(=O)N2CCCN(Cc3csc(C)n3)CC2)cc1Br. The second-order valence-electron chi connectivity index (χ2n) is 6.13. The predicted molar refractivity (Wildman–Crippen MR) is 103 cm³/mol. The first-order chi connectivity index (χ1) is 12.1. The van der Waals surface area contributed by atoms with Crippen molar-refractivity contribution in [3.8, 4) is 5.75 Å². The molecule has 0 saturated carbocycles. The number of benzene rings is 1. The summed E-state index contributed by atoms with van der Waals surface area (Å²) in [6.07, 6.45) is 0.978. The van der Waals surface area contributed by atoms with Crippen LogP contribution < -0.4 is 4.74 Å². The van der Waals surface area contributed by atoms with Crippen molar-refractivity contribution >= 4 is 33.2 Å². The van der Waals surface area contributed by atoms with Crippen LogP contribution in [0.15, 0.2) is 28.1 Å². The molecule has 2 aromatic rings. The van der Waals surface area contributed by atoms with Crippen LogP contribution in [0.2, 0.25) is 0 Å². The van der Waals surface area contributed by atoms with Crippen molar-refractivity contribution < 1.29 is 9.53 Å². The summed E-state index contributed by atoms with van der Waals surface area (Å²) in [5, 5.41) is 3.23. The van der Waals surface area contributed by atoms with Gasteiger partial charge in [0.15, 0.2) is 0 Å². The second kappa shape index (κ2) is 8.29. The topological polar surface area (TPSA) is 45.7 Å². The molecule has 25 heavy (non-hydrogen) atoms. The van der Waals surface area contributed by atoms with E-state index in [1.807, 2.05) is 30.0 Å². The average Bonchev–Trinajstić information content (AvgIpc) is 2.87. The molecule has 1 aliphatic heterocycles. The molecule has 7 heteroatoms. The second-order valence-corrected chi connectivity index (χ2v) is 8.05. The van der Waals surface area contributed by atoms with Gasteiger partial charge in [0, 0.05) is 43.7 Å². The zero-order chi connectivity index (χ0) is 17.8. The fourth-order valence-corrected chi connectivity index (χ4v) is 4.17. The number of halogens is 1. The number of aryl methyl sites for hydroxylation is 1. The molecule has 5 nitrogen and oxygen atoms in total. The van der Waals surface area contributed by atoms with Crippen molar-refractivity contribution in [1.29, 1.82) is 0 Å². The van der Waals surface area contributed by atoms with Crippen molar-refractivity contribution in [3.63, 3.8) is 0 Å². The largest absolute Gasteiger partial charge is 0.496 e. The lowest BCUT2D eigenvalue weighted by Crippen LogP contribution is -2.35. The molecule has 0 unspecified atom stereocenters. The Balaban J connectivity index is 1.62. The molecule has 0 atom stereocenters. The summed E-state index contributed by atoms with van der Waals surface area (Å²) in [6.45, 7) is 6.29. The summed E-state index contributed by atoms with van der Waals surface area (Å²) >= 11 is 5.14. The minimum atomic E-state index is 0.0784.